The first-order chi connectivity index (χ1) is 5.84. The molecular weight excluding hydrogens is 168 g/mol. The van der Waals surface area contributed by atoms with Gasteiger partial charge in [0, 0.05) is 23.9 Å². The Morgan fingerprint density at radius 3 is 3.17 bits per heavy atom. The topological polar surface area (TPSA) is 35.8 Å². The molecule has 64 valence electrons. The zero-order valence-electron chi connectivity index (χ0n) is 7.08. The second-order valence-corrected chi connectivity index (χ2v) is 3.58. The minimum absolute atomic E-state index is 0.373. The van der Waals surface area contributed by atoms with Gasteiger partial charge in [-0.1, -0.05) is 6.07 Å². The number of hydrogen-bond acceptors (Lipinski definition) is 3. The minimum Gasteiger partial charge on any atom is -0.308 e. The summed E-state index contributed by atoms with van der Waals surface area (Å²) < 4.78 is 0. The molecule has 2 nitrogen and oxygen atoms in total. The smallest absolute Gasteiger partial charge is 0.0635 e. The van der Waals surface area contributed by atoms with E-state index in [1.165, 1.54) is 4.88 Å². The van der Waals surface area contributed by atoms with Crippen molar-refractivity contribution < 1.29 is 0 Å². The van der Waals surface area contributed by atoms with Crippen LogP contribution in [0.5, 0.6) is 0 Å². The summed E-state index contributed by atoms with van der Waals surface area (Å²) in [4.78, 5) is 1.33. The molecule has 1 heterocycles. The van der Waals surface area contributed by atoms with E-state index < -0.39 is 0 Å². The molecule has 0 spiro atoms. The molecule has 0 aliphatic heterocycles. The van der Waals surface area contributed by atoms with Crippen LogP contribution in [0.2, 0.25) is 0 Å². The number of nitrogens with one attached hydrogen (secondary N) is 1. The molecule has 0 saturated heterocycles. The van der Waals surface area contributed by atoms with Crippen molar-refractivity contribution in [3.8, 4) is 6.07 Å². The number of nitriles is 1. The van der Waals surface area contributed by atoms with Crippen molar-refractivity contribution in [1.82, 2.24) is 5.32 Å². The van der Waals surface area contributed by atoms with Crippen LogP contribution >= 0.6 is 11.3 Å². The average Bonchev–Trinajstić information content (AvgIpc) is 2.56. The van der Waals surface area contributed by atoms with Crippen LogP contribution in [0.15, 0.2) is 17.5 Å². The highest BCUT2D eigenvalue weighted by atomic mass is 32.1. The molecule has 12 heavy (non-hydrogen) atoms. The summed E-state index contributed by atoms with van der Waals surface area (Å²) in [7, 11) is 0. The second kappa shape index (κ2) is 4.91. The van der Waals surface area contributed by atoms with Gasteiger partial charge in [-0.3, -0.25) is 0 Å². The van der Waals surface area contributed by atoms with Gasteiger partial charge in [-0.25, -0.2) is 0 Å². The maximum atomic E-state index is 8.32. The van der Waals surface area contributed by atoms with Gasteiger partial charge >= 0.3 is 0 Å². The van der Waals surface area contributed by atoms with Gasteiger partial charge in [0.2, 0.25) is 0 Å². The van der Waals surface area contributed by atoms with Crippen LogP contribution < -0.4 is 5.32 Å². The van der Waals surface area contributed by atoms with Gasteiger partial charge in [0.15, 0.2) is 0 Å². The molecule has 0 fully saturated rings. The number of nitrogens with zero attached hydrogens (tertiary/aromatic N) is 1. The van der Waals surface area contributed by atoms with Crippen molar-refractivity contribution in [2.75, 3.05) is 6.54 Å². The third-order valence-corrected chi connectivity index (χ3v) is 2.71. The Balaban J connectivity index is 2.30. The second-order valence-electron chi connectivity index (χ2n) is 2.60. The lowest BCUT2D eigenvalue weighted by Crippen LogP contribution is -2.18. The van der Waals surface area contributed by atoms with Crippen LogP contribution in [0.1, 0.15) is 24.3 Å². The summed E-state index contributed by atoms with van der Waals surface area (Å²) >= 11 is 1.74. The fourth-order valence-corrected chi connectivity index (χ4v) is 1.74. The largest absolute Gasteiger partial charge is 0.308 e. The van der Waals surface area contributed by atoms with Crippen LogP contribution in [0.4, 0.5) is 0 Å². The molecule has 0 aliphatic carbocycles. The Morgan fingerprint density at radius 1 is 1.75 bits per heavy atom. The Morgan fingerprint density at radius 2 is 2.58 bits per heavy atom. The Hall–Kier alpha value is -0.850. The quantitative estimate of drug-likeness (QED) is 0.722. The maximum absolute atomic E-state index is 8.32. The van der Waals surface area contributed by atoms with Crippen molar-refractivity contribution in [1.29, 1.82) is 5.26 Å². The van der Waals surface area contributed by atoms with E-state index in [1.54, 1.807) is 11.3 Å². The zero-order valence-corrected chi connectivity index (χ0v) is 7.90. The van der Waals surface area contributed by atoms with Gasteiger partial charge in [0.1, 0.15) is 0 Å². The van der Waals surface area contributed by atoms with Crippen molar-refractivity contribution in [2.45, 2.75) is 19.4 Å². The monoisotopic (exact) mass is 180 g/mol. The number of hydrogen-bond donors (Lipinski definition) is 1. The lowest BCUT2D eigenvalue weighted by molar-refractivity contribution is 0.591. The molecule has 0 unspecified atom stereocenters. The zero-order chi connectivity index (χ0) is 8.81. The molecule has 1 atom stereocenters. The van der Waals surface area contributed by atoms with E-state index in [1.807, 2.05) is 6.07 Å². The first-order valence-corrected chi connectivity index (χ1v) is 4.86. The van der Waals surface area contributed by atoms with E-state index in [4.69, 9.17) is 5.26 Å². The number of thiophene rings is 1. The van der Waals surface area contributed by atoms with Crippen LogP contribution in [0, 0.1) is 11.3 Å². The van der Waals surface area contributed by atoms with E-state index in [0.29, 0.717) is 12.5 Å². The van der Waals surface area contributed by atoms with Crippen LogP contribution in [0.3, 0.4) is 0 Å². The molecule has 0 amide bonds. The van der Waals surface area contributed by atoms with E-state index >= 15 is 0 Å². The standard InChI is InChI=1S/C9H12N2S/c1-8(11-6-3-5-10)9-4-2-7-12-9/h2,4,7-8,11H,3,6H2,1H3/t8-/m0/s1. The molecule has 0 bridgehead atoms. The van der Waals surface area contributed by atoms with Gasteiger partial charge in [0.25, 0.3) is 0 Å². The highest BCUT2D eigenvalue weighted by Gasteiger charge is 2.03. The molecule has 3 heteroatoms. The third kappa shape index (κ3) is 2.65. The van der Waals surface area contributed by atoms with E-state index in [0.717, 1.165) is 6.54 Å². The Kier molecular flexibility index (Phi) is 3.78. The fourth-order valence-electron chi connectivity index (χ4n) is 0.983. The third-order valence-electron chi connectivity index (χ3n) is 1.66. The highest BCUT2D eigenvalue weighted by molar-refractivity contribution is 7.10. The van der Waals surface area contributed by atoms with E-state index in [9.17, 15) is 0 Å². The molecule has 0 aromatic carbocycles. The highest BCUT2D eigenvalue weighted by Crippen LogP contribution is 2.17. The van der Waals surface area contributed by atoms with Crippen molar-refractivity contribution in [3.63, 3.8) is 0 Å². The van der Waals surface area contributed by atoms with Gasteiger partial charge < -0.3 is 5.32 Å². The predicted molar refractivity (Wildman–Crippen MR) is 51.0 cm³/mol. The summed E-state index contributed by atoms with van der Waals surface area (Å²) in [5, 5.41) is 13.7. The molecule has 1 aromatic rings. The lowest BCUT2D eigenvalue weighted by atomic mass is 10.2. The molecule has 0 saturated carbocycles. The minimum atomic E-state index is 0.373. The van der Waals surface area contributed by atoms with Crippen molar-refractivity contribution in [2.24, 2.45) is 0 Å². The van der Waals surface area contributed by atoms with Gasteiger partial charge in [0.05, 0.1) is 6.07 Å². The van der Waals surface area contributed by atoms with E-state index in [2.05, 4.69) is 29.8 Å². The molecule has 1 aromatic heterocycles. The first kappa shape index (κ1) is 9.24. The number of rotatable bonds is 4. The first-order valence-electron chi connectivity index (χ1n) is 3.98. The van der Waals surface area contributed by atoms with Crippen LogP contribution in [0.25, 0.3) is 0 Å². The van der Waals surface area contributed by atoms with E-state index in [-0.39, 0.29) is 0 Å². The predicted octanol–water partition coefficient (Wildman–Crippen LogP) is 2.31. The van der Waals surface area contributed by atoms with Crippen LogP contribution in [-0.2, 0) is 0 Å². The molecule has 1 N–H and O–H groups in total. The fraction of sp³-hybridized carbons (Fsp3) is 0.444. The van der Waals surface area contributed by atoms with Gasteiger partial charge in [-0.15, -0.1) is 11.3 Å². The van der Waals surface area contributed by atoms with Crippen molar-refractivity contribution >= 4 is 11.3 Å². The van der Waals surface area contributed by atoms with Gasteiger partial charge in [-0.2, -0.15) is 5.26 Å². The summed E-state index contributed by atoms with van der Waals surface area (Å²) in [6, 6.07) is 6.63. The molecule has 0 aliphatic rings. The maximum Gasteiger partial charge on any atom is 0.0635 e. The molecular formula is C9H12N2S. The Labute approximate surface area is 76.8 Å². The summed E-state index contributed by atoms with van der Waals surface area (Å²) in [6.07, 6.45) is 0.579. The van der Waals surface area contributed by atoms with Gasteiger partial charge in [-0.05, 0) is 18.4 Å². The Bertz CT molecular complexity index is 248. The van der Waals surface area contributed by atoms with Crippen LogP contribution in [-0.4, -0.2) is 6.54 Å². The van der Waals surface area contributed by atoms with Crippen molar-refractivity contribution in [3.05, 3.63) is 22.4 Å². The average molecular weight is 180 g/mol. The summed E-state index contributed by atoms with van der Waals surface area (Å²) in [5.74, 6) is 0. The summed E-state index contributed by atoms with van der Waals surface area (Å²) in [5.41, 5.74) is 0. The normalized spacial score (nSPS) is 12.3. The SMILES string of the molecule is C[C@H](NCCC#N)c1cccs1. The lowest BCUT2D eigenvalue weighted by Gasteiger charge is -2.09. The molecule has 0 radical (unpaired) electrons. The summed E-state index contributed by atoms with van der Waals surface area (Å²) in [6.45, 7) is 2.89. The molecule has 1 rings (SSSR count).